The van der Waals surface area contributed by atoms with Gasteiger partial charge < -0.3 is 10.6 Å². The molecule has 0 spiro atoms. The van der Waals surface area contributed by atoms with Crippen LogP contribution < -0.4 is 10.6 Å². The lowest BCUT2D eigenvalue weighted by molar-refractivity contribution is 0.415. The van der Waals surface area contributed by atoms with Gasteiger partial charge in [-0.25, -0.2) is 4.39 Å². The molecule has 1 aliphatic carbocycles. The van der Waals surface area contributed by atoms with Crippen LogP contribution in [0, 0.1) is 5.82 Å². The van der Waals surface area contributed by atoms with Crippen molar-refractivity contribution in [3.63, 3.8) is 0 Å². The zero-order chi connectivity index (χ0) is 13.0. The van der Waals surface area contributed by atoms with Crippen molar-refractivity contribution in [3.8, 4) is 0 Å². The third-order valence-corrected chi connectivity index (χ3v) is 3.95. The van der Waals surface area contributed by atoms with E-state index in [0.29, 0.717) is 15.6 Å². The van der Waals surface area contributed by atoms with Gasteiger partial charge in [0, 0.05) is 11.7 Å². The first kappa shape index (κ1) is 13.7. The van der Waals surface area contributed by atoms with Crippen molar-refractivity contribution in [3.05, 3.63) is 28.5 Å². The topological polar surface area (TPSA) is 24.1 Å². The highest BCUT2D eigenvalue weighted by Crippen LogP contribution is 2.20. The van der Waals surface area contributed by atoms with Gasteiger partial charge in [-0.15, -0.1) is 0 Å². The minimum atomic E-state index is -0.272. The Labute approximate surface area is 120 Å². The maximum absolute atomic E-state index is 13.1. The molecule has 0 aliphatic heterocycles. The molecule has 0 saturated heterocycles. The van der Waals surface area contributed by atoms with Crippen molar-refractivity contribution in [2.75, 3.05) is 5.32 Å². The average Bonchev–Trinajstić information content (AvgIpc) is 2.35. The summed E-state index contributed by atoms with van der Waals surface area (Å²) in [6.45, 7) is 0. The van der Waals surface area contributed by atoms with Crippen molar-refractivity contribution >= 4 is 38.9 Å². The number of anilines is 1. The Morgan fingerprint density at radius 3 is 2.67 bits per heavy atom. The molecule has 1 aliphatic rings. The minimum Gasteiger partial charge on any atom is -0.360 e. The first-order valence-corrected chi connectivity index (χ1v) is 7.38. The van der Waals surface area contributed by atoms with E-state index in [1.807, 2.05) is 0 Å². The molecule has 18 heavy (non-hydrogen) atoms. The van der Waals surface area contributed by atoms with Crippen molar-refractivity contribution in [1.82, 2.24) is 5.32 Å². The van der Waals surface area contributed by atoms with Gasteiger partial charge in [-0.2, -0.15) is 0 Å². The number of thiocarbonyl (C=S) groups is 1. The van der Waals surface area contributed by atoms with E-state index in [2.05, 4.69) is 26.6 Å². The zero-order valence-electron chi connectivity index (χ0n) is 10.0. The summed E-state index contributed by atoms with van der Waals surface area (Å²) in [5.74, 6) is -0.272. The predicted octanol–water partition coefficient (Wildman–Crippen LogP) is 4.21. The lowest BCUT2D eigenvalue weighted by Crippen LogP contribution is -2.38. The van der Waals surface area contributed by atoms with Crippen LogP contribution in [0.4, 0.5) is 10.1 Å². The van der Waals surface area contributed by atoms with Crippen molar-refractivity contribution in [2.24, 2.45) is 0 Å². The molecule has 1 aromatic rings. The molecule has 1 fully saturated rings. The molecule has 2 nitrogen and oxygen atoms in total. The van der Waals surface area contributed by atoms with Gasteiger partial charge in [0.15, 0.2) is 5.11 Å². The van der Waals surface area contributed by atoms with Crippen LogP contribution in [-0.4, -0.2) is 11.2 Å². The second-order valence-electron chi connectivity index (χ2n) is 4.56. The number of hydrogen-bond acceptors (Lipinski definition) is 1. The van der Waals surface area contributed by atoms with E-state index in [9.17, 15) is 4.39 Å². The van der Waals surface area contributed by atoms with Crippen LogP contribution in [0.2, 0.25) is 0 Å². The normalized spacial score (nSPS) is 16.3. The largest absolute Gasteiger partial charge is 0.360 e. The fraction of sp³-hybridized carbons (Fsp3) is 0.462. The Morgan fingerprint density at radius 1 is 1.28 bits per heavy atom. The molecule has 0 heterocycles. The van der Waals surface area contributed by atoms with Crippen LogP contribution in [0.5, 0.6) is 0 Å². The quantitative estimate of drug-likeness (QED) is 0.794. The number of rotatable bonds is 2. The molecule has 0 amide bonds. The van der Waals surface area contributed by atoms with Crippen molar-refractivity contribution in [1.29, 1.82) is 0 Å². The van der Waals surface area contributed by atoms with Gasteiger partial charge in [-0.05, 0) is 59.2 Å². The smallest absolute Gasteiger partial charge is 0.170 e. The Balaban J connectivity index is 1.88. The van der Waals surface area contributed by atoms with Gasteiger partial charge in [0.25, 0.3) is 0 Å². The van der Waals surface area contributed by atoms with Crippen LogP contribution in [0.15, 0.2) is 22.7 Å². The molecule has 2 N–H and O–H groups in total. The third kappa shape index (κ3) is 3.92. The average molecular weight is 331 g/mol. The van der Waals surface area contributed by atoms with Crippen LogP contribution >= 0.6 is 28.1 Å². The second-order valence-corrected chi connectivity index (χ2v) is 5.82. The van der Waals surface area contributed by atoms with Gasteiger partial charge in [0.1, 0.15) is 5.82 Å². The van der Waals surface area contributed by atoms with Crippen molar-refractivity contribution in [2.45, 2.75) is 38.1 Å². The molecule has 1 aromatic carbocycles. The summed E-state index contributed by atoms with van der Waals surface area (Å²) >= 11 is 8.42. The Bertz CT molecular complexity index is 433. The molecule has 0 unspecified atom stereocenters. The first-order chi connectivity index (χ1) is 8.65. The second kappa shape index (κ2) is 6.48. The number of halogens is 2. The number of hydrogen-bond donors (Lipinski definition) is 2. The SMILES string of the molecule is Fc1ccc(NC(=S)NC2CCCCC2)cc1Br. The fourth-order valence-corrected chi connectivity index (χ4v) is 2.84. The molecule has 2 rings (SSSR count). The Hall–Kier alpha value is -0.680. The summed E-state index contributed by atoms with van der Waals surface area (Å²) < 4.78 is 13.5. The van der Waals surface area contributed by atoms with Crippen LogP contribution in [0.3, 0.4) is 0 Å². The number of nitrogens with one attached hydrogen (secondary N) is 2. The molecule has 98 valence electrons. The zero-order valence-corrected chi connectivity index (χ0v) is 12.4. The van der Waals surface area contributed by atoms with E-state index < -0.39 is 0 Å². The first-order valence-electron chi connectivity index (χ1n) is 6.18. The highest BCUT2D eigenvalue weighted by atomic mass is 79.9. The minimum absolute atomic E-state index is 0.272. The molecule has 5 heteroatoms. The van der Waals surface area contributed by atoms with Crippen LogP contribution in [0.1, 0.15) is 32.1 Å². The van der Waals surface area contributed by atoms with E-state index in [0.717, 1.165) is 5.69 Å². The van der Waals surface area contributed by atoms with Gasteiger partial charge in [0.05, 0.1) is 4.47 Å². The van der Waals surface area contributed by atoms with Gasteiger partial charge in [-0.1, -0.05) is 19.3 Å². The standard InChI is InChI=1S/C13H16BrFN2S/c14-11-8-10(6-7-12(11)15)17-13(18)16-9-4-2-1-3-5-9/h6-9H,1-5H2,(H2,16,17,18). The summed E-state index contributed by atoms with van der Waals surface area (Å²) in [4.78, 5) is 0. The summed E-state index contributed by atoms with van der Waals surface area (Å²) in [6.07, 6.45) is 6.21. The molecular formula is C13H16BrFN2S. The van der Waals surface area contributed by atoms with Crippen LogP contribution in [0.25, 0.3) is 0 Å². The fourth-order valence-electron chi connectivity index (χ4n) is 2.17. The molecular weight excluding hydrogens is 315 g/mol. The molecule has 0 atom stereocenters. The van der Waals surface area contributed by atoms with Gasteiger partial charge >= 0.3 is 0 Å². The Morgan fingerprint density at radius 2 is 2.00 bits per heavy atom. The molecule has 0 bridgehead atoms. The summed E-state index contributed by atoms with van der Waals surface area (Å²) in [5.41, 5.74) is 0.789. The van der Waals surface area contributed by atoms with E-state index in [4.69, 9.17) is 12.2 Å². The maximum Gasteiger partial charge on any atom is 0.170 e. The molecule has 1 saturated carbocycles. The highest BCUT2D eigenvalue weighted by molar-refractivity contribution is 9.10. The maximum atomic E-state index is 13.1. The Kier molecular flexibility index (Phi) is 4.95. The monoisotopic (exact) mass is 330 g/mol. The van der Waals surface area contributed by atoms with E-state index in [1.54, 1.807) is 12.1 Å². The van der Waals surface area contributed by atoms with Crippen LogP contribution in [-0.2, 0) is 0 Å². The third-order valence-electron chi connectivity index (χ3n) is 3.12. The van der Waals surface area contributed by atoms with Gasteiger partial charge in [-0.3, -0.25) is 0 Å². The van der Waals surface area contributed by atoms with E-state index in [-0.39, 0.29) is 5.82 Å². The van der Waals surface area contributed by atoms with E-state index >= 15 is 0 Å². The molecule has 0 aromatic heterocycles. The van der Waals surface area contributed by atoms with Gasteiger partial charge in [0.2, 0.25) is 0 Å². The molecule has 0 radical (unpaired) electrons. The van der Waals surface area contributed by atoms with E-state index in [1.165, 1.54) is 38.2 Å². The number of benzene rings is 1. The highest BCUT2D eigenvalue weighted by Gasteiger charge is 2.14. The van der Waals surface area contributed by atoms with Crippen molar-refractivity contribution < 1.29 is 4.39 Å². The lowest BCUT2D eigenvalue weighted by Gasteiger charge is -2.24. The summed E-state index contributed by atoms with van der Waals surface area (Å²) in [7, 11) is 0. The lowest BCUT2D eigenvalue weighted by atomic mass is 9.96. The predicted molar refractivity (Wildman–Crippen MR) is 80.3 cm³/mol. The summed E-state index contributed by atoms with van der Waals surface area (Å²) in [5, 5.41) is 7.01. The summed E-state index contributed by atoms with van der Waals surface area (Å²) in [6, 6.07) is 5.25.